The lowest BCUT2D eigenvalue weighted by Gasteiger charge is -2.41. The van der Waals surface area contributed by atoms with E-state index in [1.54, 1.807) is 28.4 Å². The third kappa shape index (κ3) is 12.5. The number of aliphatic hydroxyl groups excluding tert-OH is 1. The molecule has 1 aliphatic heterocycles. The molecule has 61 heavy (non-hydrogen) atoms. The van der Waals surface area contributed by atoms with Crippen molar-refractivity contribution in [2.24, 2.45) is 17.8 Å². The summed E-state index contributed by atoms with van der Waals surface area (Å²) in [5.41, 5.74) is 5.82. The van der Waals surface area contributed by atoms with E-state index < -0.39 is 0 Å². The average molecular weight is 832 g/mol. The zero-order chi connectivity index (χ0) is 43.7. The van der Waals surface area contributed by atoms with E-state index in [9.17, 15) is 14.7 Å². The van der Waals surface area contributed by atoms with E-state index in [0.29, 0.717) is 24.1 Å². The topological polar surface area (TPSA) is 138 Å². The molecular formula is C49H69N9O3. The molecule has 3 aromatic rings. The Morgan fingerprint density at radius 3 is 2.54 bits per heavy atom. The summed E-state index contributed by atoms with van der Waals surface area (Å²) in [4.78, 5) is 38.1. The third-order valence-corrected chi connectivity index (χ3v) is 12.1. The Morgan fingerprint density at radius 1 is 1.05 bits per heavy atom. The Morgan fingerprint density at radius 2 is 1.84 bits per heavy atom. The van der Waals surface area contributed by atoms with Crippen molar-refractivity contribution in [3.05, 3.63) is 115 Å². The molecule has 328 valence electrons. The molecule has 1 amide bonds. The molecule has 4 atom stereocenters. The Bertz CT molecular complexity index is 1960. The van der Waals surface area contributed by atoms with Crippen LogP contribution in [0.3, 0.4) is 0 Å². The number of hydrogen-bond donors (Lipinski definition) is 5. The van der Waals surface area contributed by atoms with Gasteiger partial charge in [0.15, 0.2) is 11.6 Å². The van der Waals surface area contributed by atoms with Crippen LogP contribution in [0.2, 0.25) is 0 Å². The monoisotopic (exact) mass is 832 g/mol. The summed E-state index contributed by atoms with van der Waals surface area (Å²) in [6.45, 7) is 17.7. The van der Waals surface area contributed by atoms with Crippen molar-refractivity contribution in [2.45, 2.75) is 90.5 Å². The van der Waals surface area contributed by atoms with Crippen molar-refractivity contribution in [2.75, 3.05) is 60.9 Å². The van der Waals surface area contributed by atoms with Gasteiger partial charge in [-0.15, -0.1) is 13.2 Å². The zero-order valence-electron chi connectivity index (χ0n) is 37.0. The van der Waals surface area contributed by atoms with Gasteiger partial charge in [0.05, 0.1) is 6.54 Å². The smallest absolute Gasteiger partial charge is 0.238 e. The standard InChI is InChI=1S/C49H69N9O3/c1-8-11-18-37(35(4)50-6)32-46(61)43-20-17-21-44(41(43)10-3)51-28-14-12-13-15-31-56(7)40-25-23-39(24-26-40)53-49-52-29-27-47(55-49)58(57(30-9-2)36(5)60)48-33-38(34-59)42-19-16-22-45(42)54-48/h8-9,17,20-21,23-27,29,33,37-38,42,45,50-51,54,59H,1-2,4,10-16,18-19,22,28,30-32,34H2,3,5-7H3,(H,52,53,55)/t37?,38-,42?,45?/m1/s1. The molecule has 5 rings (SSSR count). The van der Waals surface area contributed by atoms with Gasteiger partial charge in [0.25, 0.3) is 0 Å². The Hall–Kier alpha value is -5.62. The first-order chi connectivity index (χ1) is 29.6. The normalized spacial score (nSPS) is 17.2. The summed E-state index contributed by atoms with van der Waals surface area (Å²) < 4.78 is 0. The van der Waals surface area contributed by atoms with Crippen LogP contribution < -0.4 is 31.2 Å². The second-order valence-electron chi connectivity index (χ2n) is 16.3. The number of nitrogens with zero attached hydrogens (tertiary/aromatic N) is 5. The first-order valence-electron chi connectivity index (χ1n) is 22.2. The first kappa shape index (κ1) is 46.4. The highest BCUT2D eigenvalue weighted by Crippen LogP contribution is 2.38. The Balaban J connectivity index is 1.11. The minimum Gasteiger partial charge on any atom is -0.396 e. The fraction of sp³-hybridized carbons (Fsp3) is 0.469. The number of hydrogen-bond acceptors (Lipinski definition) is 11. The first-order valence-corrected chi connectivity index (χ1v) is 22.2. The van der Waals surface area contributed by atoms with Gasteiger partial charge in [-0.1, -0.05) is 57.0 Å². The van der Waals surface area contributed by atoms with Crippen LogP contribution in [-0.4, -0.2) is 78.2 Å². The number of carbonyl (C=O) groups excluding carboxylic acids is 2. The number of carbonyl (C=O) groups is 2. The number of rotatable bonds is 26. The molecule has 2 aliphatic rings. The molecule has 0 radical (unpaired) electrons. The molecule has 0 bridgehead atoms. The highest BCUT2D eigenvalue weighted by molar-refractivity contribution is 5.99. The van der Waals surface area contributed by atoms with Crippen LogP contribution in [0.1, 0.15) is 94.0 Å². The molecule has 1 saturated carbocycles. The SMILES string of the molecule is C=CCCC(CC(=O)c1cccc(NCCCCCCN(C)c2ccc(Nc3nccc(N(C4=C[C@H](CO)C5CCCC5N4)N(CC=C)C(C)=O)n3)cc2)c1CC)C(=C)NC. The summed E-state index contributed by atoms with van der Waals surface area (Å²) in [5.74, 6) is 2.10. The predicted octanol–water partition coefficient (Wildman–Crippen LogP) is 8.76. The van der Waals surface area contributed by atoms with Gasteiger partial charge in [0.1, 0.15) is 5.82 Å². The number of anilines is 5. The number of amides is 1. The number of fused-ring (bicyclic) bond motifs is 1. The zero-order valence-corrected chi connectivity index (χ0v) is 37.0. The Labute approximate surface area is 364 Å². The van der Waals surface area contributed by atoms with Gasteiger partial charge in [-0.05, 0) is 92.8 Å². The molecule has 1 fully saturated rings. The lowest BCUT2D eigenvalue weighted by atomic mass is 9.85. The maximum atomic E-state index is 13.5. The summed E-state index contributed by atoms with van der Waals surface area (Å²) >= 11 is 0. The van der Waals surface area contributed by atoms with E-state index in [1.165, 1.54) is 6.92 Å². The van der Waals surface area contributed by atoms with Crippen LogP contribution in [-0.2, 0) is 11.2 Å². The molecule has 3 unspecified atom stereocenters. The third-order valence-electron chi connectivity index (χ3n) is 12.1. The second kappa shape index (κ2) is 23.4. The quantitative estimate of drug-likeness (QED) is 0.0230. The van der Waals surface area contributed by atoms with Crippen molar-refractivity contribution >= 4 is 40.5 Å². The maximum Gasteiger partial charge on any atom is 0.238 e. The highest BCUT2D eigenvalue weighted by atomic mass is 16.3. The van der Waals surface area contributed by atoms with Crippen LogP contribution in [0.4, 0.5) is 28.8 Å². The molecule has 0 spiro atoms. The van der Waals surface area contributed by atoms with E-state index in [2.05, 4.69) is 83.1 Å². The van der Waals surface area contributed by atoms with Crippen LogP contribution in [0.15, 0.2) is 104 Å². The van der Waals surface area contributed by atoms with E-state index in [1.807, 2.05) is 43.5 Å². The van der Waals surface area contributed by atoms with Crippen LogP contribution in [0, 0.1) is 17.8 Å². The van der Waals surface area contributed by atoms with Gasteiger partial charge in [0.2, 0.25) is 11.9 Å². The van der Waals surface area contributed by atoms with E-state index in [-0.39, 0.29) is 42.7 Å². The van der Waals surface area contributed by atoms with Crippen molar-refractivity contribution in [3.63, 3.8) is 0 Å². The minimum absolute atomic E-state index is 0.00682. The highest BCUT2D eigenvalue weighted by Gasteiger charge is 2.39. The van der Waals surface area contributed by atoms with Crippen molar-refractivity contribution in [1.82, 2.24) is 25.6 Å². The molecule has 1 aromatic heterocycles. The fourth-order valence-corrected chi connectivity index (χ4v) is 8.70. The van der Waals surface area contributed by atoms with Crippen molar-refractivity contribution in [3.8, 4) is 0 Å². The van der Waals surface area contributed by atoms with Crippen LogP contribution in [0.5, 0.6) is 0 Å². The minimum atomic E-state index is -0.156. The molecular weight excluding hydrogens is 763 g/mol. The molecule has 12 nitrogen and oxygen atoms in total. The molecule has 0 saturated heterocycles. The summed E-state index contributed by atoms with van der Waals surface area (Å²) in [7, 11) is 3.98. The Kier molecular flexibility index (Phi) is 17.8. The van der Waals surface area contributed by atoms with Gasteiger partial charge in [-0.2, -0.15) is 4.98 Å². The van der Waals surface area contributed by atoms with Crippen LogP contribution in [0.25, 0.3) is 0 Å². The largest absolute Gasteiger partial charge is 0.396 e. The molecule has 2 heterocycles. The molecule has 1 aliphatic carbocycles. The van der Waals surface area contributed by atoms with E-state index in [0.717, 1.165) is 117 Å². The van der Waals surface area contributed by atoms with Crippen molar-refractivity contribution < 1.29 is 14.7 Å². The number of ketones is 1. The maximum absolute atomic E-state index is 13.5. The van der Waals surface area contributed by atoms with Gasteiger partial charge < -0.3 is 31.3 Å². The summed E-state index contributed by atoms with van der Waals surface area (Å²) in [6, 6.07) is 16.3. The number of nitrogens with one attached hydrogen (secondary N) is 4. The van der Waals surface area contributed by atoms with Gasteiger partial charge in [-0.3, -0.25) is 9.59 Å². The predicted molar refractivity (Wildman–Crippen MR) is 251 cm³/mol. The molecule has 12 heteroatoms. The number of allylic oxidation sites excluding steroid dienone is 2. The lowest BCUT2D eigenvalue weighted by Crippen LogP contribution is -2.53. The molecule has 5 N–H and O–H groups in total. The summed E-state index contributed by atoms with van der Waals surface area (Å²) in [6.07, 6.45) is 17.8. The van der Waals surface area contributed by atoms with Crippen LogP contribution >= 0.6 is 0 Å². The second-order valence-corrected chi connectivity index (χ2v) is 16.3. The summed E-state index contributed by atoms with van der Waals surface area (Å²) in [5, 5.41) is 27.4. The van der Waals surface area contributed by atoms with E-state index in [4.69, 9.17) is 4.98 Å². The number of benzene rings is 2. The lowest BCUT2D eigenvalue weighted by molar-refractivity contribution is -0.128. The van der Waals surface area contributed by atoms with Gasteiger partial charge in [-0.25, -0.2) is 15.0 Å². The van der Waals surface area contributed by atoms with Crippen molar-refractivity contribution in [1.29, 1.82) is 0 Å². The molecule has 2 aromatic carbocycles. The van der Waals surface area contributed by atoms with Gasteiger partial charge in [0, 0.05) is 106 Å². The number of unbranched alkanes of at least 4 members (excludes halogenated alkanes) is 3. The van der Waals surface area contributed by atoms with Gasteiger partial charge >= 0.3 is 0 Å². The number of aromatic nitrogens is 2. The number of Topliss-reactive ketones (excluding diaryl/α,β-unsaturated/α-hetero) is 1. The number of hydrazine groups is 1. The number of aliphatic hydroxyl groups is 1. The fourth-order valence-electron chi connectivity index (χ4n) is 8.70. The average Bonchev–Trinajstić information content (AvgIpc) is 3.76. The van der Waals surface area contributed by atoms with E-state index >= 15 is 0 Å².